The zero-order chi connectivity index (χ0) is 11.7. The Morgan fingerprint density at radius 3 is 2.75 bits per heavy atom. The molecule has 0 radical (unpaired) electrons. The number of carbonyl (C=O) groups is 1. The number of nitrogens with zero attached hydrogens (tertiary/aromatic N) is 1. The summed E-state index contributed by atoms with van der Waals surface area (Å²) >= 11 is 0. The van der Waals surface area contributed by atoms with Crippen LogP contribution in [0.5, 0.6) is 5.75 Å². The van der Waals surface area contributed by atoms with Crippen molar-refractivity contribution in [3.63, 3.8) is 0 Å². The van der Waals surface area contributed by atoms with Gasteiger partial charge in [0.1, 0.15) is 11.6 Å². The van der Waals surface area contributed by atoms with Crippen molar-refractivity contribution in [2.45, 2.75) is 0 Å². The van der Waals surface area contributed by atoms with Gasteiger partial charge < -0.3 is 14.7 Å². The average Bonchev–Trinajstić information content (AvgIpc) is 2.70. The van der Waals surface area contributed by atoms with Gasteiger partial charge in [0.05, 0.1) is 5.56 Å². The quantitative estimate of drug-likeness (QED) is 0.812. The number of carboxylic acids is 1. The van der Waals surface area contributed by atoms with Crippen LogP contribution < -0.4 is 0 Å². The average molecular weight is 223 g/mol. The van der Waals surface area contributed by atoms with Crippen LogP contribution in [0, 0.1) is 5.82 Å². The molecule has 0 aliphatic heterocycles. The molecule has 6 heteroatoms. The van der Waals surface area contributed by atoms with Crippen LogP contribution in [-0.2, 0) is 0 Å². The van der Waals surface area contributed by atoms with E-state index in [0.717, 1.165) is 18.2 Å². The summed E-state index contributed by atoms with van der Waals surface area (Å²) in [6.07, 6.45) is 0. The number of phenolic OH excluding ortho intramolecular Hbond substituents is 1. The van der Waals surface area contributed by atoms with E-state index in [-0.39, 0.29) is 22.8 Å². The van der Waals surface area contributed by atoms with Gasteiger partial charge in [-0.2, -0.15) is 0 Å². The van der Waals surface area contributed by atoms with E-state index < -0.39 is 11.8 Å². The fourth-order valence-electron chi connectivity index (χ4n) is 1.21. The van der Waals surface area contributed by atoms with Gasteiger partial charge in [-0.1, -0.05) is 5.16 Å². The van der Waals surface area contributed by atoms with Gasteiger partial charge >= 0.3 is 5.97 Å². The summed E-state index contributed by atoms with van der Waals surface area (Å²) < 4.78 is 18.0. The molecule has 2 rings (SSSR count). The van der Waals surface area contributed by atoms with E-state index in [1.54, 1.807) is 0 Å². The lowest BCUT2D eigenvalue weighted by molar-refractivity contribution is 0.0686. The molecule has 0 fully saturated rings. The molecule has 0 aliphatic carbocycles. The highest BCUT2D eigenvalue weighted by Gasteiger charge is 2.15. The van der Waals surface area contributed by atoms with E-state index >= 15 is 0 Å². The summed E-state index contributed by atoms with van der Waals surface area (Å²) in [4.78, 5) is 10.5. The molecule has 0 saturated heterocycles. The first kappa shape index (κ1) is 10.2. The molecule has 16 heavy (non-hydrogen) atoms. The second-order valence-electron chi connectivity index (χ2n) is 3.05. The Balaban J connectivity index is 2.50. The molecular formula is C10H6FNO4. The molecule has 2 aromatic rings. The molecule has 0 saturated carbocycles. The maximum absolute atomic E-state index is 13.3. The predicted octanol–water partition coefficient (Wildman–Crippen LogP) is 1.88. The van der Waals surface area contributed by atoms with Gasteiger partial charge in [0.2, 0.25) is 0 Å². The third-order valence-corrected chi connectivity index (χ3v) is 1.94. The molecule has 1 aromatic carbocycles. The minimum atomic E-state index is -1.27. The lowest BCUT2D eigenvalue weighted by atomic mass is 10.1. The summed E-state index contributed by atoms with van der Waals surface area (Å²) in [5.74, 6) is -2.10. The molecule has 0 aliphatic rings. The van der Waals surface area contributed by atoms with Crippen molar-refractivity contribution in [3.8, 4) is 17.1 Å². The Hall–Kier alpha value is -2.37. The summed E-state index contributed by atoms with van der Waals surface area (Å²) in [6, 6.07) is 4.43. The Morgan fingerprint density at radius 1 is 1.38 bits per heavy atom. The third-order valence-electron chi connectivity index (χ3n) is 1.94. The van der Waals surface area contributed by atoms with Crippen LogP contribution in [0.15, 0.2) is 28.8 Å². The molecule has 0 atom stereocenters. The summed E-state index contributed by atoms with van der Waals surface area (Å²) in [5, 5.41) is 21.0. The molecule has 82 valence electrons. The topological polar surface area (TPSA) is 83.6 Å². The normalized spacial score (nSPS) is 10.3. The molecule has 1 heterocycles. The van der Waals surface area contributed by atoms with Crippen molar-refractivity contribution in [2.75, 3.05) is 0 Å². The maximum Gasteiger partial charge on any atom is 0.358 e. The van der Waals surface area contributed by atoms with Crippen LogP contribution in [0.25, 0.3) is 11.3 Å². The predicted molar refractivity (Wildman–Crippen MR) is 50.5 cm³/mol. The van der Waals surface area contributed by atoms with Crippen molar-refractivity contribution in [1.82, 2.24) is 5.16 Å². The minimum Gasteiger partial charge on any atom is -0.508 e. The van der Waals surface area contributed by atoms with Gasteiger partial charge in [0.15, 0.2) is 11.5 Å². The third kappa shape index (κ3) is 1.72. The standard InChI is InChI=1S/C10H6FNO4/c11-7-2-1-5(13)3-6(7)9-4-8(10(14)15)12-16-9/h1-4,13H,(H,14,15). The molecular weight excluding hydrogens is 217 g/mol. The zero-order valence-electron chi connectivity index (χ0n) is 7.85. The van der Waals surface area contributed by atoms with E-state index in [1.807, 2.05) is 0 Å². The second-order valence-corrected chi connectivity index (χ2v) is 3.05. The number of halogens is 1. The number of carboxylic acid groups (broad SMARTS) is 1. The smallest absolute Gasteiger partial charge is 0.358 e. The summed E-state index contributed by atoms with van der Waals surface area (Å²) in [7, 11) is 0. The summed E-state index contributed by atoms with van der Waals surface area (Å²) in [6.45, 7) is 0. The summed E-state index contributed by atoms with van der Waals surface area (Å²) in [5.41, 5.74) is -0.363. The van der Waals surface area contributed by atoms with Crippen LogP contribution in [-0.4, -0.2) is 21.3 Å². The molecule has 1 aromatic heterocycles. The molecule has 5 nitrogen and oxygen atoms in total. The number of benzene rings is 1. The van der Waals surface area contributed by atoms with Crippen molar-refractivity contribution >= 4 is 5.97 Å². The number of hydrogen-bond acceptors (Lipinski definition) is 4. The molecule has 0 spiro atoms. The van der Waals surface area contributed by atoms with Crippen molar-refractivity contribution < 1.29 is 23.9 Å². The highest BCUT2D eigenvalue weighted by atomic mass is 19.1. The molecule has 0 bridgehead atoms. The Bertz CT molecular complexity index is 550. The lowest BCUT2D eigenvalue weighted by Gasteiger charge is -1.98. The highest BCUT2D eigenvalue weighted by molar-refractivity contribution is 5.86. The SMILES string of the molecule is O=C(O)c1cc(-c2cc(O)ccc2F)on1. The fourth-order valence-corrected chi connectivity index (χ4v) is 1.21. The van der Waals surface area contributed by atoms with Crippen molar-refractivity contribution in [3.05, 3.63) is 35.8 Å². The van der Waals surface area contributed by atoms with E-state index in [9.17, 15) is 9.18 Å². The first-order valence-corrected chi connectivity index (χ1v) is 4.27. The number of aromatic nitrogens is 1. The largest absolute Gasteiger partial charge is 0.508 e. The monoisotopic (exact) mass is 223 g/mol. The van der Waals surface area contributed by atoms with Gasteiger partial charge in [-0.25, -0.2) is 9.18 Å². The van der Waals surface area contributed by atoms with Gasteiger partial charge in [0.25, 0.3) is 0 Å². The second kappa shape index (κ2) is 3.65. The maximum atomic E-state index is 13.3. The highest BCUT2D eigenvalue weighted by Crippen LogP contribution is 2.26. The Labute approximate surface area is 88.7 Å². The van der Waals surface area contributed by atoms with Gasteiger partial charge in [0, 0.05) is 6.07 Å². The van der Waals surface area contributed by atoms with Crippen LogP contribution in [0.2, 0.25) is 0 Å². The van der Waals surface area contributed by atoms with Crippen LogP contribution in [0.4, 0.5) is 4.39 Å². The minimum absolute atomic E-state index is 0.0417. The number of aromatic carboxylic acids is 1. The van der Waals surface area contributed by atoms with Crippen LogP contribution >= 0.6 is 0 Å². The zero-order valence-corrected chi connectivity index (χ0v) is 7.85. The number of phenols is 1. The number of rotatable bonds is 2. The first-order valence-electron chi connectivity index (χ1n) is 4.27. The molecule has 0 unspecified atom stereocenters. The van der Waals surface area contributed by atoms with Gasteiger partial charge in [-0.05, 0) is 18.2 Å². The molecule has 0 amide bonds. The Morgan fingerprint density at radius 2 is 2.12 bits per heavy atom. The van der Waals surface area contributed by atoms with Gasteiger partial charge in [-0.15, -0.1) is 0 Å². The van der Waals surface area contributed by atoms with Crippen LogP contribution in [0.1, 0.15) is 10.5 Å². The van der Waals surface area contributed by atoms with Crippen molar-refractivity contribution in [1.29, 1.82) is 0 Å². The van der Waals surface area contributed by atoms with E-state index in [1.165, 1.54) is 6.07 Å². The van der Waals surface area contributed by atoms with Gasteiger partial charge in [-0.3, -0.25) is 0 Å². The van der Waals surface area contributed by atoms with E-state index in [2.05, 4.69) is 9.68 Å². The fraction of sp³-hybridized carbons (Fsp3) is 0. The van der Waals surface area contributed by atoms with E-state index in [4.69, 9.17) is 10.2 Å². The lowest BCUT2D eigenvalue weighted by Crippen LogP contribution is -1.94. The van der Waals surface area contributed by atoms with Crippen LogP contribution in [0.3, 0.4) is 0 Å². The first-order chi connectivity index (χ1) is 7.58. The number of aromatic hydroxyl groups is 1. The molecule has 2 N–H and O–H groups in total. The van der Waals surface area contributed by atoms with E-state index in [0.29, 0.717) is 0 Å². The van der Waals surface area contributed by atoms with Crippen molar-refractivity contribution in [2.24, 2.45) is 0 Å². The number of hydrogen-bond donors (Lipinski definition) is 2. The Kier molecular flexibility index (Phi) is 2.32.